The average molecular weight is 322 g/mol. The zero-order chi connectivity index (χ0) is 14.2. The topological polar surface area (TPSA) is 26.0 Å². The number of aryl methyl sites for hydroxylation is 3. The van der Waals surface area contributed by atoms with E-state index in [-0.39, 0.29) is 11.9 Å². The Balaban J connectivity index is 2.49. The Labute approximate surface area is 121 Å². The van der Waals surface area contributed by atoms with Crippen molar-refractivity contribution < 1.29 is 4.39 Å². The first-order valence-corrected chi connectivity index (χ1v) is 6.97. The minimum atomic E-state index is -0.240. The third-order valence-corrected chi connectivity index (χ3v) is 3.89. The van der Waals surface area contributed by atoms with Crippen LogP contribution in [0.25, 0.3) is 0 Å². The number of nitrogens with two attached hydrogens (primary N) is 1. The molecule has 0 radical (unpaired) electrons. The Bertz CT molecular complexity index is 599. The highest BCUT2D eigenvalue weighted by Crippen LogP contribution is 2.27. The molecule has 2 N–H and O–H groups in total. The molecule has 0 fully saturated rings. The Hall–Kier alpha value is -1.19. The van der Waals surface area contributed by atoms with Crippen LogP contribution >= 0.6 is 15.9 Å². The fourth-order valence-electron chi connectivity index (χ4n) is 2.28. The van der Waals surface area contributed by atoms with E-state index in [2.05, 4.69) is 15.9 Å². The monoisotopic (exact) mass is 321 g/mol. The largest absolute Gasteiger partial charge is 0.320 e. The number of hydrogen-bond donors (Lipinski definition) is 1. The lowest BCUT2D eigenvalue weighted by Gasteiger charge is -2.17. The van der Waals surface area contributed by atoms with E-state index in [1.54, 1.807) is 13.8 Å². The first-order chi connectivity index (χ1) is 8.90. The van der Waals surface area contributed by atoms with E-state index in [0.717, 1.165) is 21.2 Å². The fraction of sp³-hybridized carbons (Fsp3) is 0.250. The summed E-state index contributed by atoms with van der Waals surface area (Å²) in [4.78, 5) is 0. The standard InChI is InChI=1S/C16H17BrFN/c1-9-4-5-13(17)8-14(9)16(19)12-6-10(2)15(18)11(3)7-12/h4-8,16H,19H2,1-3H3. The lowest BCUT2D eigenvalue weighted by molar-refractivity contribution is 0.607. The number of benzene rings is 2. The summed E-state index contributed by atoms with van der Waals surface area (Å²) in [6.07, 6.45) is 0. The smallest absolute Gasteiger partial charge is 0.129 e. The van der Waals surface area contributed by atoms with Crippen LogP contribution in [0.4, 0.5) is 4.39 Å². The molecule has 0 aliphatic rings. The predicted octanol–water partition coefficient (Wildman–Crippen LogP) is 4.56. The molecule has 2 aromatic carbocycles. The maximum atomic E-state index is 13.7. The van der Waals surface area contributed by atoms with Gasteiger partial charge in [0.2, 0.25) is 0 Å². The molecule has 0 saturated carbocycles. The summed E-state index contributed by atoms with van der Waals surface area (Å²) < 4.78 is 14.7. The van der Waals surface area contributed by atoms with E-state index in [1.807, 2.05) is 37.3 Å². The molecule has 0 aromatic heterocycles. The second-order valence-electron chi connectivity index (χ2n) is 4.95. The summed E-state index contributed by atoms with van der Waals surface area (Å²) in [6.45, 7) is 5.57. The van der Waals surface area contributed by atoms with Crippen LogP contribution in [0.1, 0.15) is 33.9 Å². The van der Waals surface area contributed by atoms with E-state index < -0.39 is 0 Å². The summed E-state index contributed by atoms with van der Waals surface area (Å²) in [6, 6.07) is 9.46. The van der Waals surface area contributed by atoms with Gasteiger partial charge < -0.3 is 5.73 Å². The van der Waals surface area contributed by atoms with Crippen molar-refractivity contribution in [2.45, 2.75) is 26.8 Å². The first-order valence-electron chi connectivity index (χ1n) is 6.18. The van der Waals surface area contributed by atoms with Crippen LogP contribution in [0.5, 0.6) is 0 Å². The van der Waals surface area contributed by atoms with Gasteiger partial charge in [-0.15, -0.1) is 0 Å². The maximum Gasteiger partial charge on any atom is 0.129 e. The van der Waals surface area contributed by atoms with Gasteiger partial charge in [0, 0.05) is 4.47 Å². The molecule has 19 heavy (non-hydrogen) atoms. The highest BCUT2D eigenvalue weighted by molar-refractivity contribution is 9.10. The van der Waals surface area contributed by atoms with E-state index in [1.165, 1.54) is 0 Å². The molecule has 0 aliphatic heterocycles. The van der Waals surface area contributed by atoms with E-state index in [4.69, 9.17) is 5.73 Å². The minimum Gasteiger partial charge on any atom is -0.320 e. The summed E-state index contributed by atoms with van der Waals surface area (Å²) in [7, 11) is 0. The Morgan fingerprint density at radius 3 is 2.16 bits per heavy atom. The van der Waals surface area contributed by atoms with Crippen LogP contribution in [0.3, 0.4) is 0 Å². The molecule has 1 atom stereocenters. The molecule has 0 saturated heterocycles. The van der Waals surface area contributed by atoms with Crippen molar-refractivity contribution >= 4 is 15.9 Å². The predicted molar refractivity (Wildman–Crippen MR) is 80.8 cm³/mol. The lowest BCUT2D eigenvalue weighted by Crippen LogP contribution is -2.14. The molecule has 100 valence electrons. The summed E-state index contributed by atoms with van der Waals surface area (Å²) in [5.41, 5.74) is 10.7. The number of halogens is 2. The van der Waals surface area contributed by atoms with E-state index in [0.29, 0.717) is 11.1 Å². The van der Waals surface area contributed by atoms with Gasteiger partial charge in [0.25, 0.3) is 0 Å². The van der Waals surface area contributed by atoms with Crippen LogP contribution in [0, 0.1) is 26.6 Å². The summed E-state index contributed by atoms with van der Waals surface area (Å²) in [5.74, 6) is -0.151. The van der Waals surface area contributed by atoms with Gasteiger partial charge in [-0.05, 0) is 60.7 Å². The van der Waals surface area contributed by atoms with Crippen LogP contribution in [0.2, 0.25) is 0 Å². The van der Waals surface area contributed by atoms with Gasteiger partial charge in [-0.3, -0.25) is 0 Å². The van der Waals surface area contributed by atoms with Crippen molar-refractivity contribution in [1.29, 1.82) is 0 Å². The molecular weight excluding hydrogens is 305 g/mol. The van der Waals surface area contributed by atoms with Gasteiger partial charge in [0.05, 0.1) is 6.04 Å². The van der Waals surface area contributed by atoms with Gasteiger partial charge in [-0.2, -0.15) is 0 Å². The van der Waals surface area contributed by atoms with Gasteiger partial charge in [0.15, 0.2) is 0 Å². The van der Waals surface area contributed by atoms with Crippen molar-refractivity contribution in [3.63, 3.8) is 0 Å². The summed E-state index contributed by atoms with van der Waals surface area (Å²) >= 11 is 3.46. The number of hydrogen-bond acceptors (Lipinski definition) is 1. The fourth-order valence-corrected chi connectivity index (χ4v) is 2.66. The van der Waals surface area contributed by atoms with Crippen LogP contribution in [-0.4, -0.2) is 0 Å². The minimum absolute atomic E-state index is 0.151. The number of rotatable bonds is 2. The van der Waals surface area contributed by atoms with Crippen molar-refractivity contribution in [2.24, 2.45) is 5.73 Å². The third kappa shape index (κ3) is 2.88. The third-order valence-electron chi connectivity index (χ3n) is 3.39. The second kappa shape index (κ2) is 5.43. The molecule has 0 amide bonds. The van der Waals surface area contributed by atoms with E-state index in [9.17, 15) is 4.39 Å². The normalized spacial score (nSPS) is 12.5. The Morgan fingerprint density at radius 1 is 1.00 bits per heavy atom. The molecule has 0 aliphatic carbocycles. The molecule has 0 bridgehead atoms. The molecule has 1 unspecified atom stereocenters. The highest BCUT2D eigenvalue weighted by Gasteiger charge is 2.14. The lowest BCUT2D eigenvalue weighted by atomic mass is 9.93. The zero-order valence-corrected chi connectivity index (χ0v) is 12.9. The van der Waals surface area contributed by atoms with Crippen molar-refractivity contribution in [3.8, 4) is 0 Å². The zero-order valence-electron chi connectivity index (χ0n) is 11.3. The molecule has 0 spiro atoms. The molecule has 1 nitrogen and oxygen atoms in total. The Kier molecular flexibility index (Phi) is 4.07. The molecule has 3 heteroatoms. The van der Waals surface area contributed by atoms with Crippen LogP contribution in [-0.2, 0) is 0 Å². The van der Waals surface area contributed by atoms with Crippen LogP contribution < -0.4 is 5.73 Å². The molecular formula is C16H17BrFN. The molecule has 2 aromatic rings. The molecule has 0 heterocycles. The average Bonchev–Trinajstić information content (AvgIpc) is 2.37. The van der Waals surface area contributed by atoms with Crippen molar-refractivity contribution in [2.75, 3.05) is 0 Å². The van der Waals surface area contributed by atoms with Gasteiger partial charge in [-0.25, -0.2) is 4.39 Å². The second-order valence-corrected chi connectivity index (χ2v) is 5.86. The summed E-state index contributed by atoms with van der Waals surface area (Å²) in [5, 5.41) is 0. The van der Waals surface area contributed by atoms with Crippen molar-refractivity contribution in [3.05, 3.63) is 68.4 Å². The quantitative estimate of drug-likeness (QED) is 0.862. The maximum absolute atomic E-state index is 13.7. The highest BCUT2D eigenvalue weighted by atomic mass is 79.9. The molecule has 2 rings (SSSR count). The van der Waals surface area contributed by atoms with Gasteiger partial charge in [0.1, 0.15) is 5.82 Å². The van der Waals surface area contributed by atoms with E-state index >= 15 is 0 Å². The first kappa shape index (κ1) is 14.2. The van der Waals surface area contributed by atoms with Gasteiger partial charge in [-0.1, -0.05) is 34.1 Å². The Morgan fingerprint density at radius 2 is 1.58 bits per heavy atom. The SMILES string of the molecule is Cc1ccc(Br)cc1C(N)c1cc(C)c(F)c(C)c1. The van der Waals surface area contributed by atoms with Crippen molar-refractivity contribution in [1.82, 2.24) is 0 Å². The van der Waals surface area contributed by atoms with Gasteiger partial charge >= 0.3 is 0 Å². The van der Waals surface area contributed by atoms with Crippen LogP contribution in [0.15, 0.2) is 34.8 Å².